The number of nitrogens with zero attached hydrogens (tertiary/aromatic N) is 5. The van der Waals surface area contributed by atoms with Crippen LogP contribution in [0.5, 0.6) is 0 Å². The summed E-state index contributed by atoms with van der Waals surface area (Å²) < 4.78 is 7.26. The van der Waals surface area contributed by atoms with Crippen molar-refractivity contribution in [2.24, 2.45) is 0 Å². The molecule has 0 N–H and O–H groups in total. The highest BCUT2D eigenvalue weighted by Gasteiger charge is 2.23. The Bertz CT molecular complexity index is 4200. The van der Waals surface area contributed by atoms with Gasteiger partial charge in [0.05, 0.1) is 33.8 Å². The number of benzene rings is 9. The molecule has 5 heteroatoms. The first-order chi connectivity index (χ1) is 34.2. The second-order valence-corrected chi connectivity index (χ2v) is 18.1. The van der Waals surface area contributed by atoms with Crippen LogP contribution in [-0.2, 0) is 0 Å². The van der Waals surface area contributed by atoms with Crippen molar-refractivity contribution in [1.82, 2.24) is 23.7 Å². The maximum absolute atomic E-state index is 5.43. The lowest BCUT2D eigenvalue weighted by Gasteiger charge is -2.18. The minimum Gasteiger partial charge on any atom is -0.333 e. The zero-order valence-electron chi connectivity index (χ0n) is 37.6. The van der Waals surface area contributed by atoms with Crippen molar-refractivity contribution in [2.75, 3.05) is 0 Å². The summed E-state index contributed by atoms with van der Waals surface area (Å²) in [7, 11) is 0. The Labute approximate surface area is 398 Å². The van der Waals surface area contributed by atoms with Crippen LogP contribution in [0.3, 0.4) is 0 Å². The summed E-state index contributed by atoms with van der Waals surface area (Å²) in [5.41, 5.74) is 17.7. The summed E-state index contributed by atoms with van der Waals surface area (Å²) in [6.45, 7) is 0. The van der Waals surface area contributed by atoms with Crippen LogP contribution in [0.2, 0.25) is 0 Å². The van der Waals surface area contributed by atoms with E-state index < -0.39 is 0 Å². The van der Waals surface area contributed by atoms with Crippen LogP contribution >= 0.6 is 0 Å². The van der Waals surface area contributed by atoms with Gasteiger partial charge in [-0.05, 0) is 108 Å². The van der Waals surface area contributed by atoms with Gasteiger partial charge in [-0.2, -0.15) is 0 Å². The predicted molar refractivity (Wildman–Crippen MR) is 287 cm³/mol. The number of allylic oxidation sites excluding steroid dienone is 4. The largest absolute Gasteiger partial charge is 0.333 e. The first-order valence-corrected chi connectivity index (χ1v) is 23.8. The third kappa shape index (κ3) is 6.32. The summed E-state index contributed by atoms with van der Waals surface area (Å²) in [4.78, 5) is 10.8. The molecule has 0 spiro atoms. The fourth-order valence-electron chi connectivity index (χ4n) is 11.0. The fourth-order valence-corrected chi connectivity index (χ4v) is 11.0. The van der Waals surface area contributed by atoms with Crippen molar-refractivity contribution in [2.45, 2.75) is 12.5 Å². The third-order valence-electron chi connectivity index (χ3n) is 14.1. The van der Waals surface area contributed by atoms with Gasteiger partial charge in [-0.3, -0.25) is 0 Å². The van der Waals surface area contributed by atoms with Gasteiger partial charge >= 0.3 is 0 Å². The molecule has 0 radical (unpaired) electrons. The minimum absolute atomic E-state index is 0.213. The van der Waals surface area contributed by atoms with Crippen LogP contribution < -0.4 is 0 Å². The standard InChI is InChI=1S/C64H43N5/c1-6-18-42(19-7-1)61-63-62(66-64(65-61)43-20-8-2-9-21-43)55-41-47(33-37-60(55)69(63)50-26-14-5-15-27-50)46-32-36-59-54(40-46)53-39-45(31-35-58(53)68(59)49-24-12-4-13-25-49)44-30-34-57-52(38-44)51-28-16-17-29-56(51)67(57)48-22-10-3-11-23-48/h1-24,26-41,49H,25H2. The van der Waals surface area contributed by atoms with Crippen LogP contribution in [0.15, 0.2) is 243 Å². The Balaban J connectivity index is 0.974. The van der Waals surface area contributed by atoms with Gasteiger partial charge in [0.1, 0.15) is 5.52 Å². The molecule has 69 heavy (non-hydrogen) atoms. The third-order valence-corrected chi connectivity index (χ3v) is 14.1. The van der Waals surface area contributed by atoms with E-state index in [4.69, 9.17) is 9.97 Å². The lowest BCUT2D eigenvalue weighted by Crippen LogP contribution is -2.06. The maximum Gasteiger partial charge on any atom is 0.160 e. The highest BCUT2D eigenvalue weighted by Crippen LogP contribution is 2.43. The van der Waals surface area contributed by atoms with Gasteiger partial charge in [-0.1, -0.05) is 164 Å². The van der Waals surface area contributed by atoms with E-state index in [9.17, 15) is 0 Å². The number of hydrogen-bond acceptors (Lipinski definition) is 2. The molecule has 5 nitrogen and oxygen atoms in total. The molecular weight excluding hydrogens is 839 g/mol. The Morgan fingerprint density at radius 1 is 0.362 bits per heavy atom. The molecule has 1 aliphatic carbocycles. The molecule has 9 aromatic carbocycles. The highest BCUT2D eigenvalue weighted by atomic mass is 15.0. The number of fused-ring (bicyclic) bond motifs is 9. The first kappa shape index (κ1) is 39.1. The summed E-state index contributed by atoms with van der Waals surface area (Å²) in [5, 5.41) is 6.06. The van der Waals surface area contributed by atoms with E-state index in [0.717, 1.165) is 67.7 Å². The predicted octanol–water partition coefficient (Wildman–Crippen LogP) is 16.5. The van der Waals surface area contributed by atoms with Crippen molar-refractivity contribution in [1.29, 1.82) is 0 Å². The molecule has 0 fully saturated rings. The fraction of sp³-hybridized carbons (Fsp3) is 0.0312. The first-order valence-electron chi connectivity index (χ1n) is 23.8. The monoisotopic (exact) mass is 881 g/mol. The van der Waals surface area contributed by atoms with Crippen molar-refractivity contribution in [3.8, 4) is 56.3 Å². The van der Waals surface area contributed by atoms with E-state index in [1.165, 1.54) is 54.7 Å². The summed E-state index contributed by atoms with van der Waals surface area (Å²) in [6, 6.07) is 79.1. The van der Waals surface area contributed by atoms with Crippen LogP contribution in [-0.4, -0.2) is 23.7 Å². The number of para-hydroxylation sites is 3. The molecule has 4 aromatic heterocycles. The molecule has 1 unspecified atom stereocenters. The van der Waals surface area contributed by atoms with Gasteiger partial charge in [-0.25, -0.2) is 9.97 Å². The second-order valence-electron chi connectivity index (χ2n) is 18.1. The minimum atomic E-state index is 0.213. The molecule has 14 rings (SSSR count). The second kappa shape index (κ2) is 15.8. The Morgan fingerprint density at radius 3 is 1.43 bits per heavy atom. The quantitative estimate of drug-likeness (QED) is 0.160. The SMILES string of the molecule is C1=CCC(n2c3ccc(-c4ccc5c(c4)c4ccccc4n5-c4ccccc4)cc3c3cc(-c4ccc5c(c4)c4nc(-c6ccccc6)nc(-c6ccccc6)c4n5-c4ccccc4)ccc32)C=C1. The van der Waals surface area contributed by atoms with Crippen molar-refractivity contribution >= 4 is 65.5 Å². The molecule has 324 valence electrons. The van der Waals surface area contributed by atoms with E-state index in [0.29, 0.717) is 5.82 Å². The van der Waals surface area contributed by atoms with Crippen LogP contribution in [0.1, 0.15) is 12.5 Å². The van der Waals surface area contributed by atoms with Crippen molar-refractivity contribution < 1.29 is 0 Å². The number of aromatic nitrogens is 5. The number of hydrogen-bond donors (Lipinski definition) is 0. The smallest absolute Gasteiger partial charge is 0.160 e. The van der Waals surface area contributed by atoms with Gasteiger partial charge in [0, 0.05) is 60.5 Å². The lowest BCUT2D eigenvalue weighted by molar-refractivity contribution is 0.648. The van der Waals surface area contributed by atoms with Gasteiger partial charge in [0.25, 0.3) is 0 Å². The molecular formula is C64H43N5. The average Bonchev–Trinajstić information content (AvgIpc) is 4.06. The Morgan fingerprint density at radius 2 is 0.841 bits per heavy atom. The zero-order valence-corrected chi connectivity index (χ0v) is 37.6. The topological polar surface area (TPSA) is 40.6 Å². The molecule has 0 aliphatic heterocycles. The summed E-state index contributed by atoms with van der Waals surface area (Å²) in [5.74, 6) is 0.706. The molecule has 0 saturated heterocycles. The van der Waals surface area contributed by atoms with Gasteiger partial charge in [-0.15, -0.1) is 0 Å². The molecule has 1 aliphatic rings. The maximum atomic E-state index is 5.43. The molecule has 0 saturated carbocycles. The normalized spacial score (nSPS) is 13.8. The highest BCUT2D eigenvalue weighted by molar-refractivity contribution is 6.15. The van der Waals surface area contributed by atoms with Gasteiger partial charge in [0.15, 0.2) is 5.82 Å². The van der Waals surface area contributed by atoms with Crippen LogP contribution in [0, 0.1) is 0 Å². The summed E-state index contributed by atoms with van der Waals surface area (Å²) >= 11 is 0. The Hall–Kier alpha value is -9.06. The molecule has 0 amide bonds. The van der Waals surface area contributed by atoms with E-state index in [2.05, 4.69) is 250 Å². The number of rotatable bonds is 7. The van der Waals surface area contributed by atoms with Crippen LogP contribution in [0.25, 0.3) is 122 Å². The van der Waals surface area contributed by atoms with E-state index >= 15 is 0 Å². The Kier molecular flexibility index (Phi) is 8.96. The van der Waals surface area contributed by atoms with Gasteiger partial charge < -0.3 is 13.7 Å². The van der Waals surface area contributed by atoms with Crippen molar-refractivity contribution in [3.05, 3.63) is 243 Å². The summed E-state index contributed by atoms with van der Waals surface area (Å²) in [6.07, 6.45) is 9.91. The molecule has 0 bridgehead atoms. The van der Waals surface area contributed by atoms with Crippen LogP contribution in [0.4, 0.5) is 0 Å². The molecule has 13 aromatic rings. The van der Waals surface area contributed by atoms with Crippen molar-refractivity contribution in [3.63, 3.8) is 0 Å². The zero-order chi connectivity index (χ0) is 45.4. The molecule has 4 heterocycles. The van der Waals surface area contributed by atoms with Gasteiger partial charge in [0.2, 0.25) is 0 Å². The van der Waals surface area contributed by atoms with E-state index in [1.807, 2.05) is 6.07 Å². The lowest BCUT2D eigenvalue weighted by atomic mass is 9.98. The van der Waals surface area contributed by atoms with E-state index in [1.54, 1.807) is 0 Å². The molecule has 1 atom stereocenters. The average molecular weight is 882 g/mol. The van der Waals surface area contributed by atoms with E-state index in [-0.39, 0.29) is 6.04 Å².